The van der Waals surface area contributed by atoms with Gasteiger partial charge in [0.15, 0.2) is 0 Å². The van der Waals surface area contributed by atoms with E-state index in [9.17, 15) is 0 Å². The van der Waals surface area contributed by atoms with Crippen molar-refractivity contribution in [2.24, 2.45) is 0 Å². The van der Waals surface area contributed by atoms with Gasteiger partial charge >= 0.3 is 0 Å². The number of aryl methyl sites for hydroxylation is 1. The highest BCUT2D eigenvalue weighted by atomic mass is 32.1. The maximum absolute atomic E-state index is 2.31. The first-order chi connectivity index (χ1) is 7.90. The highest BCUT2D eigenvalue weighted by Crippen LogP contribution is 2.16. The van der Waals surface area contributed by atoms with Crippen molar-refractivity contribution in [1.82, 2.24) is 3.96 Å². The van der Waals surface area contributed by atoms with E-state index < -0.39 is 0 Å². The number of rotatable bonds is 3. The molecule has 1 aromatic heterocycles. The molecule has 0 saturated carbocycles. The van der Waals surface area contributed by atoms with Crippen molar-refractivity contribution in [3.63, 3.8) is 0 Å². The SMILES string of the molecule is CCCCn1ccccc2ccccc2s1. The Morgan fingerprint density at radius 3 is 2.62 bits per heavy atom. The van der Waals surface area contributed by atoms with Crippen LogP contribution in [-0.4, -0.2) is 3.96 Å². The maximum Gasteiger partial charge on any atom is 0.0515 e. The lowest BCUT2D eigenvalue weighted by atomic mass is 10.2. The van der Waals surface area contributed by atoms with E-state index in [1.54, 1.807) is 0 Å². The van der Waals surface area contributed by atoms with Crippen LogP contribution in [0.2, 0.25) is 0 Å². The first kappa shape index (κ1) is 11.2. The average molecular weight is 231 g/mol. The Bertz CT molecular complexity index is 494. The fourth-order valence-corrected chi connectivity index (χ4v) is 2.58. The second-order valence-electron chi connectivity index (χ2n) is 3.82. The Hall–Kier alpha value is -1.28. The summed E-state index contributed by atoms with van der Waals surface area (Å²) in [7, 11) is 0. The standard InChI is InChI=1S/C14H17NS/c1-2-3-11-15-12-7-6-9-13-8-4-5-10-14(13)16-15/h4-10,12H,2-3,11H2,1H3. The lowest BCUT2D eigenvalue weighted by Gasteiger charge is -2.03. The molecule has 84 valence electrons. The van der Waals surface area contributed by atoms with Crippen LogP contribution in [0, 0.1) is 0 Å². The Morgan fingerprint density at radius 2 is 1.81 bits per heavy atom. The van der Waals surface area contributed by atoms with Crippen molar-refractivity contribution in [2.45, 2.75) is 26.3 Å². The van der Waals surface area contributed by atoms with Crippen molar-refractivity contribution in [3.8, 4) is 0 Å². The Morgan fingerprint density at radius 1 is 1.06 bits per heavy atom. The summed E-state index contributed by atoms with van der Waals surface area (Å²) in [5, 5.41) is 1.30. The van der Waals surface area contributed by atoms with Crippen LogP contribution in [0.4, 0.5) is 0 Å². The van der Waals surface area contributed by atoms with Crippen molar-refractivity contribution in [2.75, 3.05) is 0 Å². The Balaban J connectivity index is 2.48. The molecule has 0 fully saturated rings. The summed E-state index contributed by atoms with van der Waals surface area (Å²) in [6.07, 6.45) is 4.64. The molecule has 2 aromatic rings. The first-order valence-corrected chi connectivity index (χ1v) is 6.56. The summed E-state index contributed by atoms with van der Waals surface area (Å²) in [4.78, 5) is 0. The Labute approximate surface area is 101 Å². The van der Waals surface area contributed by atoms with Gasteiger partial charge in [-0.15, -0.1) is 0 Å². The summed E-state index contributed by atoms with van der Waals surface area (Å²) >= 11 is 1.83. The minimum Gasteiger partial charge on any atom is -0.305 e. The minimum absolute atomic E-state index is 1.11. The maximum atomic E-state index is 2.31. The molecule has 0 saturated heterocycles. The molecular formula is C14H17NS. The monoisotopic (exact) mass is 231 g/mol. The van der Waals surface area contributed by atoms with Gasteiger partial charge in [0.25, 0.3) is 0 Å². The van der Waals surface area contributed by atoms with Crippen molar-refractivity contribution in [1.29, 1.82) is 0 Å². The molecular weight excluding hydrogens is 214 g/mol. The molecule has 1 heterocycles. The van der Waals surface area contributed by atoms with Crippen LogP contribution in [0.3, 0.4) is 0 Å². The van der Waals surface area contributed by atoms with E-state index in [0.29, 0.717) is 0 Å². The lowest BCUT2D eigenvalue weighted by Crippen LogP contribution is -1.92. The predicted molar refractivity (Wildman–Crippen MR) is 72.4 cm³/mol. The molecule has 16 heavy (non-hydrogen) atoms. The topological polar surface area (TPSA) is 4.93 Å². The number of unbranched alkanes of at least 4 members (excludes halogenated alkanes) is 1. The third-order valence-electron chi connectivity index (χ3n) is 2.51. The molecule has 0 unspecified atom stereocenters. The van der Waals surface area contributed by atoms with E-state index in [1.807, 2.05) is 11.5 Å². The third kappa shape index (κ3) is 2.86. The molecule has 0 spiro atoms. The summed E-state index contributed by atoms with van der Waals surface area (Å²) < 4.78 is 3.64. The number of hydrogen-bond donors (Lipinski definition) is 0. The van der Waals surface area contributed by atoms with Gasteiger partial charge in [-0.2, -0.15) is 0 Å². The molecule has 0 aliphatic heterocycles. The molecule has 0 radical (unpaired) electrons. The first-order valence-electron chi connectivity index (χ1n) is 5.78. The summed E-state index contributed by atoms with van der Waals surface area (Å²) in [5.74, 6) is 0. The molecule has 0 atom stereocenters. The van der Waals surface area contributed by atoms with Gasteiger partial charge in [-0.25, -0.2) is 0 Å². The van der Waals surface area contributed by atoms with Gasteiger partial charge in [0.1, 0.15) is 0 Å². The van der Waals surface area contributed by atoms with Gasteiger partial charge in [0.05, 0.1) is 4.70 Å². The fourth-order valence-electron chi connectivity index (χ4n) is 1.60. The van der Waals surface area contributed by atoms with Crippen LogP contribution in [-0.2, 0) is 6.54 Å². The van der Waals surface area contributed by atoms with Gasteiger partial charge in [-0.3, -0.25) is 0 Å². The molecule has 1 aromatic carbocycles. The second-order valence-corrected chi connectivity index (χ2v) is 4.92. The van der Waals surface area contributed by atoms with E-state index >= 15 is 0 Å². The largest absolute Gasteiger partial charge is 0.305 e. The molecule has 0 aliphatic rings. The van der Waals surface area contributed by atoms with E-state index in [1.165, 1.54) is 22.9 Å². The summed E-state index contributed by atoms with van der Waals surface area (Å²) in [6, 6.07) is 14.9. The number of hydrogen-bond acceptors (Lipinski definition) is 1. The summed E-state index contributed by atoms with van der Waals surface area (Å²) in [6.45, 7) is 3.34. The van der Waals surface area contributed by atoms with E-state index in [-0.39, 0.29) is 0 Å². The second kappa shape index (κ2) is 5.71. The smallest absolute Gasteiger partial charge is 0.0515 e. The lowest BCUT2D eigenvalue weighted by molar-refractivity contribution is 0.669. The molecule has 2 heteroatoms. The number of aromatic nitrogens is 1. The van der Waals surface area contributed by atoms with Crippen LogP contribution in [0.15, 0.2) is 48.7 Å². The van der Waals surface area contributed by atoms with Crippen LogP contribution in [0.25, 0.3) is 10.1 Å². The Kier molecular flexibility index (Phi) is 4.00. The quantitative estimate of drug-likeness (QED) is 0.726. The van der Waals surface area contributed by atoms with Gasteiger partial charge in [-0.05, 0) is 23.9 Å². The van der Waals surface area contributed by atoms with Crippen LogP contribution in [0.1, 0.15) is 19.8 Å². The minimum atomic E-state index is 1.11. The fraction of sp³-hybridized carbons (Fsp3) is 0.286. The average Bonchev–Trinajstić information content (AvgIpc) is 2.29. The molecule has 0 aliphatic carbocycles. The zero-order chi connectivity index (χ0) is 11.2. The van der Waals surface area contributed by atoms with E-state index in [4.69, 9.17) is 0 Å². The highest BCUT2D eigenvalue weighted by Gasteiger charge is 1.91. The molecule has 0 amide bonds. The number of nitrogens with zero attached hydrogens (tertiary/aromatic N) is 1. The summed E-state index contributed by atoms with van der Waals surface area (Å²) in [5.41, 5.74) is 0. The normalized spacial score (nSPS) is 10.3. The van der Waals surface area contributed by atoms with Gasteiger partial charge in [-0.1, -0.05) is 55.2 Å². The van der Waals surface area contributed by atoms with Gasteiger partial charge in [0.2, 0.25) is 0 Å². The number of benzene rings is 1. The molecule has 0 bridgehead atoms. The highest BCUT2D eigenvalue weighted by molar-refractivity contribution is 7.13. The van der Waals surface area contributed by atoms with E-state index in [0.717, 1.165) is 6.54 Å². The van der Waals surface area contributed by atoms with Gasteiger partial charge < -0.3 is 3.96 Å². The molecule has 1 nitrogen and oxygen atoms in total. The van der Waals surface area contributed by atoms with Crippen LogP contribution < -0.4 is 0 Å². The van der Waals surface area contributed by atoms with Crippen LogP contribution >= 0.6 is 11.5 Å². The van der Waals surface area contributed by atoms with Crippen molar-refractivity contribution in [3.05, 3.63) is 48.7 Å². The molecule has 0 N–H and O–H groups in total. The number of fused-ring (bicyclic) bond motifs is 1. The zero-order valence-corrected chi connectivity index (χ0v) is 10.4. The van der Waals surface area contributed by atoms with Crippen LogP contribution in [0.5, 0.6) is 0 Å². The van der Waals surface area contributed by atoms with E-state index in [2.05, 4.69) is 59.5 Å². The zero-order valence-electron chi connectivity index (χ0n) is 9.60. The van der Waals surface area contributed by atoms with Gasteiger partial charge in [0, 0.05) is 12.7 Å². The van der Waals surface area contributed by atoms with Crippen molar-refractivity contribution < 1.29 is 0 Å². The molecule has 2 rings (SSSR count). The third-order valence-corrected chi connectivity index (χ3v) is 3.61. The predicted octanol–water partition coefficient (Wildman–Crippen LogP) is 4.63. The van der Waals surface area contributed by atoms with Crippen molar-refractivity contribution >= 4 is 21.6 Å².